The lowest BCUT2D eigenvalue weighted by Gasteiger charge is -2.45. The number of carbonyl (C=O) groups excluding carboxylic acids is 2. The molecule has 6 rings (SSSR count). The van der Waals surface area contributed by atoms with E-state index >= 15 is 0 Å². The highest BCUT2D eigenvalue weighted by Crippen LogP contribution is 2.43. The van der Waals surface area contributed by atoms with E-state index < -0.39 is 17.4 Å². The Balaban J connectivity index is 1.30. The van der Waals surface area contributed by atoms with Crippen molar-refractivity contribution in [1.29, 1.82) is 0 Å². The van der Waals surface area contributed by atoms with Crippen LogP contribution in [0.4, 0.5) is 14.9 Å². The first-order valence-corrected chi connectivity index (χ1v) is 14.1. The fourth-order valence-electron chi connectivity index (χ4n) is 5.90. The molecule has 0 bridgehead atoms. The van der Waals surface area contributed by atoms with Gasteiger partial charge in [-0.15, -0.1) is 0 Å². The van der Waals surface area contributed by atoms with Crippen molar-refractivity contribution in [2.45, 2.75) is 44.4 Å². The minimum atomic E-state index is -1.15. The lowest BCUT2D eigenvalue weighted by Crippen LogP contribution is -2.59. The van der Waals surface area contributed by atoms with Crippen LogP contribution in [0.15, 0.2) is 83.4 Å². The molecule has 7 nitrogen and oxygen atoms in total. The molecule has 2 fully saturated rings. The van der Waals surface area contributed by atoms with Crippen molar-refractivity contribution in [3.63, 3.8) is 0 Å². The third kappa shape index (κ3) is 5.12. The highest BCUT2D eigenvalue weighted by molar-refractivity contribution is 6.42. The van der Waals surface area contributed by atoms with E-state index in [0.717, 1.165) is 6.54 Å². The second kappa shape index (κ2) is 10.9. The molecular weight excluding hydrogens is 566 g/mol. The van der Waals surface area contributed by atoms with Crippen molar-refractivity contribution in [1.82, 2.24) is 15.0 Å². The van der Waals surface area contributed by atoms with Gasteiger partial charge in [-0.2, -0.15) is 0 Å². The largest absolute Gasteiger partial charge is 0.356 e. The van der Waals surface area contributed by atoms with Crippen LogP contribution in [0, 0.1) is 5.82 Å². The average Bonchev–Trinajstić information content (AvgIpc) is 3.50. The van der Waals surface area contributed by atoms with Gasteiger partial charge >= 0.3 is 6.03 Å². The number of aromatic nitrogens is 1. The molecule has 2 atom stereocenters. The van der Waals surface area contributed by atoms with Crippen LogP contribution in [0.2, 0.25) is 10.0 Å². The number of urea groups is 1. The molecule has 1 spiro atoms. The molecule has 210 valence electrons. The lowest BCUT2D eigenvalue weighted by molar-refractivity contribution is -0.133. The van der Waals surface area contributed by atoms with E-state index in [2.05, 4.69) is 29.1 Å². The topological polar surface area (TPSA) is 69.9 Å². The number of halogens is 3. The van der Waals surface area contributed by atoms with Gasteiger partial charge in [0.15, 0.2) is 5.76 Å². The maximum Gasteiger partial charge on any atom is 0.332 e. The van der Waals surface area contributed by atoms with Crippen LogP contribution < -0.4 is 4.90 Å². The number of carbonyl (C=O) groups is 2. The molecular formula is C31H27Cl2FN4O3. The molecule has 2 saturated heterocycles. The van der Waals surface area contributed by atoms with E-state index in [1.165, 1.54) is 27.5 Å². The number of imide groups is 1. The Kier molecular flexibility index (Phi) is 7.32. The Morgan fingerprint density at radius 2 is 1.78 bits per heavy atom. The Bertz CT molecular complexity index is 1610. The summed E-state index contributed by atoms with van der Waals surface area (Å²) in [5, 5.41) is 4.89. The molecule has 41 heavy (non-hydrogen) atoms. The van der Waals surface area contributed by atoms with Crippen LogP contribution >= 0.6 is 23.2 Å². The molecule has 0 saturated carbocycles. The van der Waals surface area contributed by atoms with Crippen LogP contribution in [0.1, 0.15) is 31.0 Å². The minimum absolute atomic E-state index is 0.00924. The van der Waals surface area contributed by atoms with Gasteiger partial charge in [-0.3, -0.25) is 19.5 Å². The molecule has 3 aromatic carbocycles. The van der Waals surface area contributed by atoms with E-state index in [4.69, 9.17) is 27.7 Å². The number of hydrogen-bond acceptors (Lipinski definition) is 5. The smallest absolute Gasteiger partial charge is 0.332 e. The van der Waals surface area contributed by atoms with Gasteiger partial charge in [0.05, 0.1) is 16.6 Å². The molecule has 3 heterocycles. The van der Waals surface area contributed by atoms with E-state index in [0.29, 0.717) is 52.1 Å². The predicted molar refractivity (Wildman–Crippen MR) is 155 cm³/mol. The number of rotatable bonds is 6. The minimum Gasteiger partial charge on any atom is -0.356 e. The number of piperidine rings is 1. The van der Waals surface area contributed by atoms with Crippen molar-refractivity contribution in [3.05, 3.63) is 106 Å². The number of likely N-dealkylation sites (tertiary alicyclic amines) is 1. The summed E-state index contributed by atoms with van der Waals surface area (Å²) in [5.74, 6) is -0.372. The van der Waals surface area contributed by atoms with Gasteiger partial charge in [0.25, 0.3) is 5.91 Å². The molecule has 0 unspecified atom stereocenters. The number of nitrogens with zero attached hydrogens (tertiary/aromatic N) is 4. The van der Waals surface area contributed by atoms with Gasteiger partial charge in [0.1, 0.15) is 17.1 Å². The quantitative estimate of drug-likeness (QED) is 0.222. The Morgan fingerprint density at radius 3 is 2.51 bits per heavy atom. The van der Waals surface area contributed by atoms with Gasteiger partial charge in [-0.05, 0) is 61.7 Å². The van der Waals surface area contributed by atoms with Crippen molar-refractivity contribution < 1.29 is 18.5 Å². The van der Waals surface area contributed by atoms with Gasteiger partial charge < -0.3 is 4.52 Å². The second-order valence-corrected chi connectivity index (χ2v) is 11.4. The van der Waals surface area contributed by atoms with Gasteiger partial charge in [0.2, 0.25) is 0 Å². The van der Waals surface area contributed by atoms with Crippen LogP contribution in [0.5, 0.6) is 0 Å². The number of benzene rings is 3. The summed E-state index contributed by atoms with van der Waals surface area (Å²) in [6.45, 7) is 3.31. The fraction of sp³-hybridized carbons (Fsp3) is 0.258. The number of hydrogen-bond donors (Lipinski definition) is 0. The summed E-state index contributed by atoms with van der Waals surface area (Å²) in [4.78, 5) is 33.1. The van der Waals surface area contributed by atoms with Crippen LogP contribution in [-0.4, -0.2) is 45.0 Å². The monoisotopic (exact) mass is 592 g/mol. The lowest BCUT2D eigenvalue weighted by atomic mass is 9.81. The van der Waals surface area contributed by atoms with Gasteiger partial charge in [0, 0.05) is 36.4 Å². The predicted octanol–water partition coefficient (Wildman–Crippen LogP) is 7.18. The Morgan fingerprint density at radius 1 is 0.976 bits per heavy atom. The second-order valence-electron chi connectivity index (χ2n) is 10.6. The summed E-state index contributed by atoms with van der Waals surface area (Å²) in [5.41, 5.74) is 1.45. The van der Waals surface area contributed by atoms with Crippen molar-refractivity contribution in [2.75, 3.05) is 11.4 Å². The van der Waals surface area contributed by atoms with Crippen molar-refractivity contribution in [2.24, 2.45) is 0 Å². The molecule has 0 radical (unpaired) electrons. The van der Waals surface area contributed by atoms with Crippen molar-refractivity contribution >= 4 is 40.8 Å². The first kappa shape index (κ1) is 27.4. The van der Waals surface area contributed by atoms with E-state index in [-0.39, 0.29) is 18.5 Å². The van der Waals surface area contributed by atoms with E-state index in [9.17, 15) is 14.0 Å². The maximum absolute atomic E-state index is 14.4. The standard InChI is InChI=1S/C31H27Cl2FN4O3/c1-20-17-31(12-13-36(20)18-21-6-3-2-4-7-21)29(39)37(30(40)38(31)25-9-5-8-23(34)15-25)19-24-16-28(41-35-24)22-10-11-26(32)27(33)14-22/h2-11,14-16,20H,12-13,17-19H2,1H3/t20-,31+/m0/s1. The molecule has 2 aliphatic heterocycles. The summed E-state index contributed by atoms with van der Waals surface area (Å²) in [7, 11) is 0. The average molecular weight is 593 g/mol. The highest BCUT2D eigenvalue weighted by Gasteiger charge is 2.60. The summed E-state index contributed by atoms with van der Waals surface area (Å²) >= 11 is 12.2. The summed E-state index contributed by atoms with van der Waals surface area (Å²) < 4.78 is 19.9. The zero-order chi connectivity index (χ0) is 28.7. The van der Waals surface area contributed by atoms with Crippen LogP contribution in [0.3, 0.4) is 0 Å². The first-order valence-electron chi connectivity index (χ1n) is 13.4. The van der Waals surface area contributed by atoms with Crippen LogP contribution in [0.25, 0.3) is 11.3 Å². The van der Waals surface area contributed by atoms with Crippen LogP contribution in [-0.2, 0) is 17.9 Å². The van der Waals surface area contributed by atoms with E-state index in [1.54, 1.807) is 36.4 Å². The SMILES string of the molecule is C[C@H]1C[C@]2(CCN1Cc1ccccc1)C(=O)N(Cc1cc(-c3ccc(Cl)c(Cl)c3)on1)C(=O)N2c1cccc(F)c1. The fourth-order valence-corrected chi connectivity index (χ4v) is 6.20. The molecule has 0 aliphatic carbocycles. The third-order valence-electron chi connectivity index (χ3n) is 7.94. The first-order chi connectivity index (χ1) is 19.7. The van der Waals surface area contributed by atoms with Gasteiger partial charge in [-0.25, -0.2) is 9.18 Å². The normalized spacial score (nSPS) is 21.3. The molecule has 2 aliphatic rings. The zero-order valence-electron chi connectivity index (χ0n) is 22.3. The van der Waals surface area contributed by atoms with Crippen molar-refractivity contribution in [3.8, 4) is 11.3 Å². The summed E-state index contributed by atoms with van der Waals surface area (Å²) in [6.07, 6.45) is 0.819. The van der Waals surface area contributed by atoms with Gasteiger partial charge in [-0.1, -0.05) is 64.8 Å². The third-order valence-corrected chi connectivity index (χ3v) is 8.68. The summed E-state index contributed by atoms with van der Waals surface area (Å²) in [6, 6.07) is 22.2. The Hall–Kier alpha value is -3.72. The zero-order valence-corrected chi connectivity index (χ0v) is 23.8. The molecule has 4 aromatic rings. The molecule has 1 aromatic heterocycles. The van der Waals surface area contributed by atoms with E-state index in [1.807, 2.05) is 18.2 Å². The molecule has 10 heteroatoms. The number of anilines is 1. The maximum atomic E-state index is 14.4. The molecule has 0 N–H and O–H groups in total. The highest BCUT2D eigenvalue weighted by atomic mass is 35.5. The molecule has 3 amide bonds. The number of amides is 3. The Labute approximate surface area is 247 Å².